The molecule has 1 aromatic heterocycles. The second kappa shape index (κ2) is 8.56. The number of hydrogen-bond acceptors (Lipinski definition) is 5. The molecule has 0 saturated carbocycles. The first-order chi connectivity index (χ1) is 13.4. The van der Waals surface area contributed by atoms with E-state index < -0.39 is 17.9 Å². The number of nitrogens with zero attached hydrogens (tertiary/aromatic N) is 1. The van der Waals surface area contributed by atoms with Gasteiger partial charge in [-0.25, -0.2) is 4.39 Å². The van der Waals surface area contributed by atoms with Gasteiger partial charge in [-0.2, -0.15) is 0 Å². The molecule has 3 aromatic rings. The highest BCUT2D eigenvalue weighted by atomic mass is 79.9. The lowest BCUT2D eigenvalue weighted by Crippen LogP contribution is -2.13. The SMILES string of the molecule is COc1ccc(C(C)OC(=O)Cc2c(C)noc2-c2ccc(Br)cc2)c(F)c1. The van der Waals surface area contributed by atoms with Crippen molar-refractivity contribution in [2.75, 3.05) is 7.11 Å². The summed E-state index contributed by atoms with van der Waals surface area (Å²) in [6, 6.07) is 11.9. The molecule has 0 amide bonds. The largest absolute Gasteiger partial charge is 0.497 e. The maximum Gasteiger partial charge on any atom is 0.311 e. The van der Waals surface area contributed by atoms with Crippen LogP contribution in [-0.4, -0.2) is 18.2 Å². The van der Waals surface area contributed by atoms with Gasteiger partial charge in [0.1, 0.15) is 17.7 Å². The van der Waals surface area contributed by atoms with Gasteiger partial charge in [-0.05, 0) is 38.1 Å². The second-order valence-electron chi connectivity index (χ2n) is 6.28. The van der Waals surface area contributed by atoms with Crippen molar-refractivity contribution in [3.8, 4) is 17.1 Å². The highest BCUT2D eigenvalue weighted by Crippen LogP contribution is 2.29. The van der Waals surface area contributed by atoms with E-state index >= 15 is 0 Å². The van der Waals surface area contributed by atoms with Crippen LogP contribution in [0.25, 0.3) is 11.3 Å². The molecule has 2 aromatic carbocycles. The molecular weight excluding hydrogens is 429 g/mol. The molecule has 0 bridgehead atoms. The first kappa shape index (κ1) is 20.1. The summed E-state index contributed by atoms with van der Waals surface area (Å²) in [5.74, 6) is -0.0621. The molecule has 0 spiro atoms. The fraction of sp³-hybridized carbons (Fsp3) is 0.238. The number of carbonyl (C=O) groups excluding carboxylic acids is 1. The summed E-state index contributed by atoms with van der Waals surface area (Å²) < 4.78 is 31.0. The van der Waals surface area contributed by atoms with Crippen molar-refractivity contribution in [3.05, 3.63) is 69.6 Å². The minimum atomic E-state index is -0.741. The third-order valence-electron chi connectivity index (χ3n) is 4.37. The predicted molar refractivity (Wildman–Crippen MR) is 106 cm³/mol. The van der Waals surface area contributed by atoms with Gasteiger partial charge in [0.2, 0.25) is 0 Å². The molecule has 3 rings (SSSR count). The van der Waals surface area contributed by atoms with Crippen LogP contribution >= 0.6 is 15.9 Å². The third-order valence-corrected chi connectivity index (χ3v) is 4.89. The molecule has 0 saturated heterocycles. The molecule has 0 fully saturated rings. The van der Waals surface area contributed by atoms with Crippen LogP contribution in [0.2, 0.25) is 0 Å². The number of hydrogen-bond donors (Lipinski definition) is 0. The number of methoxy groups -OCH3 is 1. The fourth-order valence-electron chi connectivity index (χ4n) is 2.84. The summed E-state index contributed by atoms with van der Waals surface area (Å²) in [4.78, 5) is 12.5. The van der Waals surface area contributed by atoms with E-state index in [2.05, 4.69) is 21.1 Å². The van der Waals surface area contributed by atoms with Crippen molar-refractivity contribution in [3.63, 3.8) is 0 Å². The lowest BCUT2D eigenvalue weighted by Gasteiger charge is -2.15. The van der Waals surface area contributed by atoms with Crippen LogP contribution in [0.15, 0.2) is 51.5 Å². The Morgan fingerprint density at radius 3 is 2.61 bits per heavy atom. The Morgan fingerprint density at radius 1 is 1.25 bits per heavy atom. The molecule has 0 aliphatic carbocycles. The highest BCUT2D eigenvalue weighted by molar-refractivity contribution is 9.10. The number of rotatable bonds is 6. The summed E-state index contributed by atoms with van der Waals surface area (Å²) in [7, 11) is 1.46. The van der Waals surface area contributed by atoms with Gasteiger partial charge in [0.15, 0.2) is 5.76 Å². The molecule has 1 atom stereocenters. The van der Waals surface area contributed by atoms with Crippen molar-refractivity contribution < 1.29 is 23.2 Å². The normalized spacial score (nSPS) is 11.9. The van der Waals surface area contributed by atoms with Gasteiger partial charge in [-0.3, -0.25) is 4.79 Å². The van der Waals surface area contributed by atoms with E-state index in [4.69, 9.17) is 14.0 Å². The number of carbonyl (C=O) groups is 1. The Labute approximate surface area is 170 Å². The molecule has 0 N–H and O–H groups in total. The Hall–Kier alpha value is -2.67. The number of aryl methyl sites for hydroxylation is 1. The maximum atomic E-state index is 14.2. The van der Waals surface area contributed by atoms with E-state index in [-0.39, 0.29) is 12.0 Å². The highest BCUT2D eigenvalue weighted by Gasteiger charge is 2.21. The van der Waals surface area contributed by atoms with Crippen molar-refractivity contribution in [1.29, 1.82) is 0 Å². The summed E-state index contributed by atoms with van der Waals surface area (Å²) in [5.41, 5.74) is 2.35. The third kappa shape index (κ3) is 4.42. The lowest BCUT2D eigenvalue weighted by molar-refractivity contribution is -0.147. The summed E-state index contributed by atoms with van der Waals surface area (Å²) in [6.45, 7) is 3.39. The Balaban J connectivity index is 1.75. The molecule has 28 heavy (non-hydrogen) atoms. The van der Waals surface area contributed by atoms with Gasteiger partial charge in [-0.1, -0.05) is 33.2 Å². The van der Waals surface area contributed by atoms with E-state index in [0.717, 1.165) is 10.0 Å². The zero-order valence-corrected chi connectivity index (χ0v) is 17.2. The smallest absolute Gasteiger partial charge is 0.311 e. The molecule has 5 nitrogen and oxygen atoms in total. The van der Waals surface area contributed by atoms with Crippen LogP contribution < -0.4 is 4.74 Å². The average Bonchev–Trinajstić information content (AvgIpc) is 3.02. The molecule has 1 unspecified atom stereocenters. The van der Waals surface area contributed by atoms with Gasteiger partial charge < -0.3 is 14.0 Å². The van der Waals surface area contributed by atoms with E-state index in [1.807, 2.05) is 24.3 Å². The van der Waals surface area contributed by atoms with Crippen LogP contribution in [0, 0.1) is 12.7 Å². The van der Waals surface area contributed by atoms with Crippen LogP contribution in [0.3, 0.4) is 0 Å². The molecular formula is C21H19BrFNO4. The Bertz CT molecular complexity index is 985. The van der Waals surface area contributed by atoms with Crippen LogP contribution in [-0.2, 0) is 16.0 Å². The number of ether oxygens (including phenoxy) is 2. The van der Waals surface area contributed by atoms with Gasteiger partial charge in [0, 0.05) is 27.2 Å². The van der Waals surface area contributed by atoms with Crippen molar-refractivity contribution >= 4 is 21.9 Å². The molecule has 0 radical (unpaired) electrons. The first-order valence-corrected chi connectivity index (χ1v) is 9.42. The summed E-state index contributed by atoms with van der Waals surface area (Å²) in [6.07, 6.45) is -0.766. The summed E-state index contributed by atoms with van der Waals surface area (Å²) >= 11 is 3.39. The molecule has 0 aliphatic rings. The fourth-order valence-corrected chi connectivity index (χ4v) is 3.10. The topological polar surface area (TPSA) is 61.6 Å². The van der Waals surface area contributed by atoms with Crippen LogP contribution in [0.4, 0.5) is 4.39 Å². The van der Waals surface area contributed by atoms with Gasteiger partial charge >= 0.3 is 5.97 Å². The predicted octanol–water partition coefficient (Wildman–Crippen LogP) is 5.41. The minimum absolute atomic E-state index is 0.0250. The average molecular weight is 448 g/mol. The van der Waals surface area contributed by atoms with Crippen LogP contribution in [0.5, 0.6) is 5.75 Å². The second-order valence-corrected chi connectivity index (χ2v) is 7.19. The lowest BCUT2D eigenvalue weighted by atomic mass is 10.0. The van der Waals surface area contributed by atoms with E-state index in [0.29, 0.717) is 22.8 Å². The molecule has 0 aliphatic heterocycles. The molecule has 1 heterocycles. The zero-order valence-electron chi connectivity index (χ0n) is 15.7. The van der Waals surface area contributed by atoms with Gasteiger partial charge in [-0.15, -0.1) is 0 Å². The number of halogens is 2. The standard InChI is InChI=1S/C21H19BrFNO4/c1-12-18(21(28-24-12)14-4-6-15(22)7-5-14)11-20(25)27-13(2)17-9-8-16(26-3)10-19(17)23/h4-10,13H,11H2,1-3H3. The number of esters is 1. The van der Waals surface area contributed by atoms with E-state index in [9.17, 15) is 9.18 Å². The monoisotopic (exact) mass is 447 g/mol. The Morgan fingerprint density at radius 2 is 1.96 bits per heavy atom. The van der Waals surface area contributed by atoms with Gasteiger partial charge in [0.25, 0.3) is 0 Å². The maximum absolute atomic E-state index is 14.2. The van der Waals surface area contributed by atoms with Gasteiger partial charge in [0.05, 0.1) is 19.2 Å². The molecule has 146 valence electrons. The minimum Gasteiger partial charge on any atom is -0.497 e. The molecule has 7 heteroatoms. The number of aromatic nitrogens is 1. The van der Waals surface area contributed by atoms with E-state index in [1.54, 1.807) is 26.0 Å². The quantitative estimate of drug-likeness (QED) is 0.472. The first-order valence-electron chi connectivity index (χ1n) is 8.63. The van der Waals surface area contributed by atoms with Crippen LogP contribution in [0.1, 0.15) is 29.8 Å². The van der Waals surface area contributed by atoms with E-state index in [1.165, 1.54) is 13.2 Å². The Kier molecular flexibility index (Phi) is 6.14. The van der Waals surface area contributed by atoms with Crippen molar-refractivity contribution in [2.45, 2.75) is 26.4 Å². The van der Waals surface area contributed by atoms with Crippen molar-refractivity contribution in [1.82, 2.24) is 5.16 Å². The van der Waals surface area contributed by atoms with Crippen molar-refractivity contribution in [2.24, 2.45) is 0 Å². The number of benzene rings is 2. The zero-order chi connectivity index (χ0) is 20.3. The summed E-state index contributed by atoms with van der Waals surface area (Å²) in [5, 5.41) is 3.97.